The minimum Gasteiger partial charge on any atom is -0.506 e. The van der Waals surface area contributed by atoms with Gasteiger partial charge in [0.1, 0.15) is 5.75 Å². The lowest BCUT2D eigenvalue weighted by Gasteiger charge is -2.24. The molecule has 0 bridgehead atoms. The molecule has 1 aliphatic rings. The predicted molar refractivity (Wildman–Crippen MR) is 158 cm³/mol. The van der Waals surface area contributed by atoms with Crippen molar-refractivity contribution in [1.82, 2.24) is 15.5 Å². The average Bonchev–Trinajstić information content (AvgIpc) is 2.89. The van der Waals surface area contributed by atoms with Gasteiger partial charge >= 0.3 is 0 Å². The molecule has 206 valence electrons. The number of phenols is 1. The van der Waals surface area contributed by atoms with Gasteiger partial charge in [0.25, 0.3) is 5.91 Å². The molecule has 0 saturated carbocycles. The van der Waals surface area contributed by atoms with Crippen LogP contribution in [0.25, 0.3) is 5.57 Å². The molecule has 0 unspecified atom stereocenters. The van der Waals surface area contributed by atoms with Gasteiger partial charge in [0.15, 0.2) is 0 Å². The molecule has 5 N–H and O–H groups in total. The largest absolute Gasteiger partial charge is 0.506 e. The summed E-state index contributed by atoms with van der Waals surface area (Å²) >= 11 is 5.98. The number of nitrogens with zero attached hydrogens (tertiary/aromatic N) is 1. The van der Waals surface area contributed by atoms with Crippen molar-refractivity contribution in [2.75, 3.05) is 6.54 Å². The van der Waals surface area contributed by atoms with Crippen LogP contribution in [0.5, 0.6) is 5.75 Å². The number of phenolic OH excluding ortho intramolecular Hbond substituents is 1. The summed E-state index contributed by atoms with van der Waals surface area (Å²) in [6.45, 7) is 11.8. The summed E-state index contributed by atoms with van der Waals surface area (Å²) in [5, 5.41) is 15.6. The number of allylic oxidation sites excluding steroid dienone is 4. The van der Waals surface area contributed by atoms with Crippen LogP contribution in [0.15, 0.2) is 84.9 Å². The summed E-state index contributed by atoms with van der Waals surface area (Å²) < 4.78 is 0. The molecule has 0 fully saturated rings. The van der Waals surface area contributed by atoms with Crippen molar-refractivity contribution in [3.63, 3.8) is 0 Å². The maximum atomic E-state index is 12.9. The summed E-state index contributed by atoms with van der Waals surface area (Å²) in [6.07, 6.45) is 9.55. The van der Waals surface area contributed by atoms with E-state index in [1.165, 1.54) is 23.8 Å². The van der Waals surface area contributed by atoms with Crippen LogP contribution in [0.4, 0.5) is 0 Å². The van der Waals surface area contributed by atoms with E-state index in [0.717, 1.165) is 28.8 Å². The van der Waals surface area contributed by atoms with E-state index < -0.39 is 11.6 Å². The van der Waals surface area contributed by atoms with Gasteiger partial charge in [-0.25, -0.2) is 0 Å². The van der Waals surface area contributed by atoms with Gasteiger partial charge in [-0.1, -0.05) is 55.4 Å². The molecule has 7 nitrogen and oxygen atoms in total. The van der Waals surface area contributed by atoms with Gasteiger partial charge in [0, 0.05) is 30.2 Å². The fourth-order valence-corrected chi connectivity index (χ4v) is 4.23. The molecule has 8 heteroatoms. The molecule has 2 aromatic carbocycles. The van der Waals surface area contributed by atoms with Crippen molar-refractivity contribution < 1.29 is 14.7 Å². The molecular formula is C31H37ClN4O3. The zero-order chi connectivity index (χ0) is 28.7. The van der Waals surface area contributed by atoms with Gasteiger partial charge in [0.05, 0.1) is 16.6 Å². The molecule has 0 saturated heterocycles. The third-order valence-electron chi connectivity index (χ3n) is 6.47. The number of rotatable bonds is 10. The zero-order valence-corrected chi connectivity index (χ0v) is 23.7. The van der Waals surface area contributed by atoms with E-state index in [0.29, 0.717) is 12.0 Å². The molecule has 0 radical (unpaired) electrons. The summed E-state index contributed by atoms with van der Waals surface area (Å²) in [5.41, 5.74) is 10.5. The number of hydrogen-bond donors (Lipinski definition) is 4. The number of amides is 2. The smallest absolute Gasteiger partial charge is 0.251 e. The van der Waals surface area contributed by atoms with Crippen LogP contribution in [-0.2, 0) is 11.2 Å². The Morgan fingerprint density at radius 2 is 1.85 bits per heavy atom. The lowest BCUT2D eigenvalue weighted by atomic mass is 10.0. The molecule has 0 spiro atoms. The molecule has 2 amide bonds. The Balaban J connectivity index is 1.74. The van der Waals surface area contributed by atoms with E-state index in [4.69, 9.17) is 17.3 Å². The number of hydrogen-bond acceptors (Lipinski definition) is 5. The monoisotopic (exact) mass is 548 g/mol. The molecular weight excluding hydrogens is 512 g/mol. The normalized spacial score (nSPS) is 14.6. The van der Waals surface area contributed by atoms with Crippen molar-refractivity contribution in [3.8, 4) is 5.75 Å². The summed E-state index contributed by atoms with van der Waals surface area (Å²) in [6, 6.07) is 11.9. The van der Waals surface area contributed by atoms with E-state index in [2.05, 4.69) is 43.3 Å². The Hall–Kier alpha value is -3.81. The van der Waals surface area contributed by atoms with Crippen LogP contribution < -0.4 is 16.4 Å². The lowest BCUT2D eigenvalue weighted by molar-refractivity contribution is -0.125. The van der Waals surface area contributed by atoms with Gasteiger partial charge in [-0.2, -0.15) is 0 Å². The van der Waals surface area contributed by atoms with Crippen LogP contribution in [0.2, 0.25) is 5.02 Å². The van der Waals surface area contributed by atoms with E-state index in [1.54, 1.807) is 13.8 Å². The third-order valence-corrected chi connectivity index (χ3v) is 6.77. The first kappa shape index (κ1) is 29.7. The Kier molecular flexibility index (Phi) is 9.78. The van der Waals surface area contributed by atoms with Gasteiger partial charge in [-0.15, -0.1) is 0 Å². The summed E-state index contributed by atoms with van der Waals surface area (Å²) in [7, 11) is 0. The van der Waals surface area contributed by atoms with Crippen molar-refractivity contribution in [2.45, 2.75) is 52.1 Å². The molecule has 2 aromatic rings. The topological polar surface area (TPSA) is 108 Å². The van der Waals surface area contributed by atoms with Gasteiger partial charge in [-0.05, 0) is 80.2 Å². The second-order valence-corrected chi connectivity index (χ2v) is 10.6. The predicted octanol–water partition coefficient (Wildman–Crippen LogP) is 5.28. The summed E-state index contributed by atoms with van der Waals surface area (Å²) in [5.74, 6) is -0.789. The van der Waals surface area contributed by atoms with Crippen LogP contribution in [0.1, 0.15) is 55.6 Å². The number of benzene rings is 2. The number of nitrogens with two attached hydrogens (primary N) is 1. The highest BCUT2D eigenvalue weighted by atomic mass is 35.5. The second kappa shape index (κ2) is 12.8. The van der Waals surface area contributed by atoms with Crippen molar-refractivity contribution in [2.24, 2.45) is 5.73 Å². The number of nitrogens with one attached hydrogen (secondary N) is 2. The van der Waals surface area contributed by atoms with Gasteiger partial charge in [-0.3, -0.25) is 9.59 Å². The molecule has 1 atom stereocenters. The van der Waals surface area contributed by atoms with E-state index in [1.807, 2.05) is 41.4 Å². The van der Waals surface area contributed by atoms with E-state index >= 15 is 0 Å². The molecule has 0 aliphatic carbocycles. The first-order valence-electron chi connectivity index (χ1n) is 12.9. The van der Waals surface area contributed by atoms with Gasteiger partial charge < -0.3 is 26.4 Å². The summed E-state index contributed by atoms with van der Waals surface area (Å²) in [4.78, 5) is 27.4. The van der Waals surface area contributed by atoms with Crippen LogP contribution >= 0.6 is 11.6 Å². The second-order valence-electron chi connectivity index (χ2n) is 10.2. The number of halogens is 1. The Morgan fingerprint density at radius 3 is 2.46 bits per heavy atom. The number of carbonyl (C=O) groups excluding carboxylic acids is 2. The quantitative estimate of drug-likeness (QED) is 0.323. The van der Waals surface area contributed by atoms with Crippen molar-refractivity contribution in [1.29, 1.82) is 0 Å². The van der Waals surface area contributed by atoms with Crippen molar-refractivity contribution >= 4 is 29.0 Å². The minimum atomic E-state index is -1.05. The molecule has 1 heterocycles. The highest BCUT2D eigenvalue weighted by molar-refractivity contribution is 6.32. The molecule has 3 rings (SSSR count). The van der Waals surface area contributed by atoms with Crippen molar-refractivity contribution in [3.05, 3.63) is 107 Å². The van der Waals surface area contributed by atoms with Crippen LogP contribution in [-0.4, -0.2) is 39.9 Å². The zero-order valence-electron chi connectivity index (χ0n) is 22.9. The molecule has 39 heavy (non-hydrogen) atoms. The number of carbonyl (C=O) groups is 2. The Bertz CT molecular complexity index is 1320. The lowest BCUT2D eigenvalue weighted by Crippen LogP contribution is -2.53. The highest BCUT2D eigenvalue weighted by Crippen LogP contribution is 2.25. The first-order valence-corrected chi connectivity index (χ1v) is 13.3. The van der Waals surface area contributed by atoms with Crippen LogP contribution in [0.3, 0.4) is 0 Å². The molecule has 1 aliphatic heterocycles. The van der Waals surface area contributed by atoms with E-state index in [9.17, 15) is 14.7 Å². The average molecular weight is 549 g/mol. The maximum Gasteiger partial charge on any atom is 0.251 e. The fourth-order valence-electron chi connectivity index (χ4n) is 4.05. The molecule has 0 aromatic heterocycles. The Morgan fingerprint density at radius 1 is 1.18 bits per heavy atom. The first-order chi connectivity index (χ1) is 18.4. The standard InChI is InChI=1S/C31H37ClN4O3/c1-6-23-8-7-15-36(21(23)3)19-20(2)24-11-9-22(10-12-24)16-26(18-34-30(39)31(4,5)33)35-29(38)25-13-14-28(37)27(32)17-25/h7-15,17,19,26,37H,3,6,16,18,33H2,1-2,4-5H3,(H,34,39)(H,35,38)/b20-19+/t26-/m0/s1. The maximum absolute atomic E-state index is 12.9. The Labute approximate surface area is 235 Å². The fraction of sp³-hybridized carbons (Fsp3) is 0.290. The van der Waals surface area contributed by atoms with Crippen LogP contribution in [0, 0.1) is 0 Å². The minimum absolute atomic E-state index is 0.0851. The third kappa shape index (κ3) is 8.09. The van der Waals surface area contributed by atoms with E-state index in [-0.39, 0.29) is 29.1 Å². The van der Waals surface area contributed by atoms with Gasteiger partial charge in [0.2, 0.25) is 5.91 Å². The highest BCUT2D eigenvalue weighted by Gasteiger charge is 2.23. The number of aromatic hydroxyl groups is 1. The SMILES string of the molecule is C=C1C(CC)=CC=CN1/C=C(\C)c1ccc(C[C@@H](CNC(=O)C(C)(C)N)NC(=O)c2ccc(O)c(Cl)c2)cc1.